The summed E-state index contributed by atoms with van der Waals surface area (Å²) in [6, 6.07) is 4.15. The maximum atomic E-state index is 12.7. The first-order valence-electron chi connectivity index (χ1n) is 3.56. The average molecular weight is 164 g/mol. The van der Waals surface area contributed by atoms with Crippen LogP contribution in [-0.2, 0) is 0 Å². The fraction of sp³-hybridized carbons (Fsp3) is 0.111. The van der Waals surface area contributed by atoms with Crippen LogP contribution < -0.4 is 0 Å². The molecule has 0 aliphatic heterocycles. The van der Waals surface area contributed by atoms with Crippen LogP contribution in [0.4, 0.5) is 10.1 Å². The number of aliphatic imine (C=N–C) groups is 1. The summed E-state index contributed by atoms with van der Waals surface area (Å²) in [7, 11) is 0. The Kier molecular flexibility index (Phi) is 2.69. The largest absolute Gasteiger partial charge is 0.308 e. The Morgan fingerprint density at radius 3 is 2.83 bits per heavy atom. The summed E-state index contributed by atoms with van der Waals surface area (Å²) in [6.45, 7) is 1.75. The highest BCUT2D eigenvalue weighted by atomic mass is 19.1. The summed E-state index contributed by atoms with van der Waals surface area (Å²) < 4.78 is 12.7. The number of halogens is 1. The van der Waals surface area contributed by atoms with E-state index in [0.717, 1.165) is 6.21 Å². The van der Waals surface area contributed by atoms with Gasteiger partial charge in [0, 0.05) is 24.1 Å². The standard InChI is InChI=1S/C9H9FN2/c1-2-12-9-5-8(10)4-3-7(9)6-11/h2-6,11H,1H3/b11-6?,12-2-. The Morgan fingerprint density at radius 1 is 1.50 bits per heavy atom. The van der Waals surface area contributed by atoms with Crippen molar-refractivity contribution in [3.8, 4) is 0 Å². The minimum Gasteiger partial charge on any atom is -0.308 e. The predicted octanol–water partition coefficient (Wildman–Crippen LogP) is 2.55. The van der Waals surface area contributed by atoms with Gasteiger partial charge in [-0.15, -0.1) is 0 Å². The zero-order valence-corrected chi connectivity index (χ0v) is 6.71. The van der Waals surface area contributed by atoms with Crippen LogP contribution in [0, 0.1) is 11.2 Å². The van der Waals surface area contributed by atoms with Crippen molar-refractivity contribution >= 4 is 18.1 Å². The third kappa shape index (κ3) is 1.75. The van der Waals surface area contributed by atoms with Crippen LogP contribution in [0.5, 0.6) is 0 Å². The first kappa shape index (κ1) is 8.59. The van der Waals surface area contributed by atoms with Crippen molar-refractivity contribution in [1.82, 2.24) is 0 Å². The van der Waals surface area contributed by atoms with Crippen molar-refractivity contribution in [1.29, 1.82) is 5.41 Å². The molecule has 1 aromatic rings. The number of rotatable bonds is 2. The molecule has 0 fully saturated rings. The molecule has 0 aliphatic rings. The Bertz CT molecular complexity index is 318. The third-order valence-electron chi connectivity index (χ3n) is 1.42. The number of hydrogen-bond donors (Lipinski definition) is 1. The lowest BCUT2D eigenvalue weighted by Gasteiger charge is -1.97. The van der Waals surface area contributed by atoms with Gasteiger partial charge in [0.1, 0.15) is 5.82 Å². The first-order chi connectivity index (χ1) is 5.77. The molecule has 12 heavy (non-hydrogen) atoms. The molecule has 0 atom stereocenters. The van der Waals surface area contributed by atoms with E-state index in [0.29, 0.717) is 11.3 Å². The van der Waals surface area contributed by atoms with Gasteiger partial charge in [-0.1, -0.05) is 0 Å². The van der Waals surface area contributed by atoms with Crippen LogP contribution in [0.2, 0.25) is 0 Å². The summed E-state index contributed by atoms with van der Waals surface area (Å²) >= 11 is 0. The van der Waals surface area contributed by atoms with E-state index in [9.17, 15) is 4.39 Å². The van der Waals surface area contributed by atoms with Gasteiger partial charge in [0.15, 0.2) is 0 Å². The van der Waals surface area contributed by atoms with Gasteiger partial charge in [-0.2, -0.15) is 0 Å². The van der Waals surface area contributed by atoms with Crippen LogP contribution in [0.1, 0.15) is 12.5 Å². The number of nitrogens with zero attached hydrogens (tertiary/aromatic N) is 1. The Hall–Kier alpha value is -1.51. The van der Waals surface area contributed by atoms with Crippen molar-refractivity contribution in [2.24, 2.45) is 4.99 Å². The second-order valence-electron chi connectivity index (χ2n) is 2.23. The zero-order valence-electron chi connectivity index (χ0n) is 6.71. The minimum atomic E-state index is -0.332. The number of nitrogens with one attached hydrogen (secondary N) is 1. The van der Waals surface area contributed by atoms with Gasteiger partial charge < -0.3 is 5.41 Å². The molecule has 0 aromatic heterocycles. The predicted molar refractivity (Wildman–Crippen MR) is 48.1 cm³/mol. The molecule has 2 nitrogen and oxygen atoms in total. The molecule has 0 saturated heterocycles. The summed E-state index contributed by atoms with van der Waals surface area (Å²) in [4.78, 5) is 3.92. The molecule has 0 saturated carbocycles. The molecule has 0 heterocycles. The fourth-order valence-electron chi connectivity index (χ4n) is 0.890. The SMILES string of the molecule is C/C=N\c1cc(F)ccc1C=N. The lowest BCUT2D eigenvalue weighted by molar-refractivity contribution is 0.628. The number of hydrogen-bond acceptors (Lipinski definition) is 2. The van der Waals surface area contributed by atoms with Crippen molar-refractivity contribution in [2.75, 3.05) is 0 Å². The molecule has 0 aliphatic carbocycles. The van der Waals surface area contributed by atoms with Gasteiger partial charge in [-0.05, 0) is 19.1 Å². The molecule has 1 rings (SSSR count). The maximum absolute atomic E-state index is 12.7. The first-order valence-corrected chi connectivity index (χ1v) is 3.56. The van der Waals surface area contributed by atoms with Gasteiger partial charge in [0.25, 0.3) is 0 Å². The number of benzene rings is 1. The summed E-state index contributed by atoms with van der Waals surface area (Å²) in [5.74, 6) is -0.332. The van der Waals surface area contributed by atoms with Crippen molar-refractivity contribution < 1.29 is 4.39 Å². The second kappa shape index (κ2) is 3.76. The molecular weight excluding hydrogens is 155 g/mol. The normalized spacial score (nSPS) is 10.5. The van der Waals surface area contributed by atoms with Gasteiger partial charge in [0.05, 0.1) is 5.69 Å². The highest BCUT2D eigenvalue weighted by Crippen LogP contribution is 2.17. The Morgan fingerprint density at radius 2 is 2.25 bits per heavy atom. The lowest BCUT2D eigenvalue weighted by Crippen LogP contribution is -1.82. The minimum absolute atomic E-state index is 0.332. The van der Waals surface area contributed by atoms with E-state index in [1.807, 2.05) is 0 Å². The third-order valence-corrected chi connectivity index (χ3v) is 1.42. The van der Waals surface area contributed by atoms with Crippen LogP contribution >= 0.6 is 0 Å². The lowest BCUT2D eigenvalue weighted by atomic mass is 10.2. The monoisotopic (exact) mass is 164 g/mol. The highest BCUT2D eigenvalue weighted by Gasteiger charge is 1.98. The molecule has 0 bridgehead atoms. The van der Waals surface area contributed by atoms with E-state index in [4.69, 9.17) is 5.41 Å². The van der Waals surface area contributed by atoms with E-state index in [1.165, 1.54) is 18.2 Å². The Balaban J connectivity index is 3.20. The summed E-state index contributed by atoms with van der Waals surface area (Å²) in [6.07, 6.45) is 2.73. The smallest absolute Gasteiger partial charge is 0.125 e. The topological polar surface area (TPSA) is 36.2 Å². The molecular formula is C9H9FN2. The summed E-state index contributed by atoms with van der Waals surface area (Å²) in [5.41, 5.74) is 1.11. The molecule has 1 N–H and O–H groups in total. The van der Waals surface area contributed by atoms with Crippen molar-refractivity contribution in [3.63, 3.8) is 0 Å². The van der Waals surface area contributed by atoms with Crippen molar-refractivity contribution in [3.05, 3.63) is 29.6 Å². The molecule has 3 heteroatoms. The highest BCUT2D eigenvalue weighted by molar-refractivity contribution is 5.85. The summed E-state index contributed by atoms with van der Waals surface area (Å²) in [5, 5.41) is 7.01. The van der Waals surface area contributed by atoms with Crippen LogP contribution in [-0.4, -0.2) is 12.4 Å². The zero-order chi connectivity index (χ0) is 8.97. The fourth-order valence-corrected chi connectivity index (χ4v) is 0.890. The van der Waals surface area contributed by atoms with E-state index < -0.39 is 0 Å². The van der Waals surface area contributed by atoms with Gasteiger partial charge in [0.2, 0.25) is 0 Å². The van der Waals surface area contributed by atoms with Gasteiger partial charge >= 0.3 is 0 Å². The van der Waals surface area contributed by atoms with Crippen LogP contribution in [0.25, 0.3) is 0 Å². The van der Waals surface area contributed by atoms with E-state index >= 15 is 0 Å². The van der Waals surface area contributed by atoms with Crippen molar-refractivity contribution in [2.45, 2.75) is 6.92 Å². The molecule has 0 spiro atoms. The van der Waals surface area contributed by atoms with E-state index in [2.05, 4.69) is 4.99 Å². The molecule has 0 radical (unpaired) electrons. The van der Waals surface area contributed by atoms with E-state index in [1.54, 1.807) is 13.1 Å². The second-order valence-corrected chi connectivity index (χ2v) is 2.23. The molecule has 1 aromatic carbocycles. The van der Waals surface area contributed by atoms with Gasteiger partial charge in [-0.3, -0.25) is 4.99 Å². The molecule has 0 unspecified atom stereocenters. The molecule has 0 amide bonds. The molecule has 62 valence electrons. The van der Waals surface area contributed by atoms with E-state index in [-0.39, 0.29) is 5.82 Å². The quantitative estimate of drug-likeness (QED) is 0.652. The van der Waals surface area contributed by atoms with Gasteiger partial charge in [-0.25, -0.2) is 4.39 Å². The Labute approximate surface area is 70.3 Å². The maximum Gasteiger partial charge on any atom is 0.125 e. The van der Waals surface area contributed by atoms with Crippen LogP contribution in [0.15, 0.2) is 23.2 Å². The van der Waals surface area contributed by atoms with Crippen LogP contribution in [0.3, 0.4) is 0 Å². The average Bonchev–Trinajstić information content (AvgIpc) is 2.05.